The summed E-state index contributed by atoms with van der Waals surface area (Å²) in [6, 6.07) is 10.9. The molecule has 1 aromatic heterocycles. The summed E-state index contributed by atoms with van der Waals surface area (Å²) >= 11 is 0. The maximum absolute atomic E-state index is 13.4. The Bertz CT molecular complexity index is 616. The Balaban J connectivity index is 2.26. The Hall–Kier alpha value is -2.43. The Morgan fingerprint density at radius 1 is 1.33 bits per heavy atom. The second-order valence-corrected chi connectivity index (χ2v) is 4.60. The third-order valence-corrected chi connectivity index (χ3v) is 3.21. The molecule has 0 bridgehead atoms. The van der Waals surface area contributed by atoms with Crippen molar-refractivity contribution in [1.29, 1.82) is 0 Å². The van der Waals surface area contributed by atoms with Crippen LogP contribution in [-0.2, 0) is 6.54 Å². The molecule has 0 atom stereocenters. The van der Waals surface area contributed by atoms with Crippen LogP contribution in [0.3, 0.4) is 0 Å². The van der Waals surface area contributed by atoms with Crippen LogP contribution < -0.4 is 5.32 Å². The molecule has 0 saturated carbocycles. The van der Waals surface area contributed by atoms with Gasteiger partial charge < -0.3 is 10.2 Å². The maximum Gasteiger partial charge on any atom is 0.258 e. The molecule has 0 aliphatic carbocycles. The Kier molecular flexibility index (Phi) is 4.87. The number of carbonyl (C=O) groups excluding carboxylic acids is 1. The monoisotopic (exact) mass is 287 g/mol. The van der Waals surface area contributed by atoms with E-state index in [0.717, 1.165) is 11.8 Å². The zero-order valence-corrected chi connectivity index (χ0v) is 12.1. The zero-order valence-electron chi connectivity index (χ0n) is 12.1. The molecule has 0 aliphatic heterocycles. The van der Waals surface area contributed by atoms with Gasteiger partial charge in [0.25, 0.3) is 5.91 Å². The number of anilines is 1. The Morgan fingerprint density at radius 2 is 2.05 bits per heavy atom. The Labute approximate surface area is 123 Å². The van der Waals surface area contributed by atoms with E-state index < -0.39 is 5.82 Å². The molecule has 0 fully saturated rings. The molecular weight excluding hydrogens is 269 g/mol. The fraction of sp³-hybridized carbons (Fsp3) is 0.250. The molecule has 0 spiro atoms. The van der Waals surface area contributed by atoms with Crippen LogP contribution in [0.2, 0.25) is 0 Å². The number of hydrogen-bond acceptors (Lipinski definition) is 3. The molecule has 1 N–H and O–H groups in total. The summed E-state index contributed by atoms with van der Waals surface area (Å²) in [5, 5.41) is 2.82. The largest absolute Gasteiger partial charge is 0.372 e. The van der Waals surface area contributed by atoms with Crippen molar-refractivity contribution in [2.75, 3.05) is 18.9 Å². The minimum Gasteiger partial charge on any atom is -0.372 e. The van der Waals surface area contributed by atoms with E-state index in [-0.39, 0.29) is 11.5 Å². The minimum absolute atomic E-state index is 0.238. The van der Waals surface area contributed by atoms with Crippen molar-refractivity contribution in [2.45, 2.75) is 13.5 Å². The molecule has 2 rings (SSSR count). The number of aromatic nitrogens is 1. The van der Waals surface area contributed by atoms with Gasteiger partial charge in [-0.25, -0.2) is 9.37 Å². The van der Waals surface area contributed by atoms with Crippen LogP contribution in [0.15, 0.2) is 42.6 Å². The molecule has 21 heavy (non-hydrogen) atoms. The highest BCUT2D eigenvalue weighted by molar-refractivity contribution is 5.98. The first-order valence-electron chi connectivity index (χ1n) is 6.82. The number of pyridine rings is 1. The maximum atomic E-state index is 13.4. The number of halogens is 1. The van der Waals surface area contributed by atoms with Crippen molar-refractivity contribution in [3.05, 3.63) is 59.5 Å². The first-order chi connectivity index (χ1) is 10.2. The summed E-state index contributed by atoms with van der Waals surface area (Å²) in [5.74, 6) is -0.376. The van der Waals surface area contributed by atoms with Crippen LogP contribution in [-0.4, -0.2) is 29.4 Å². The van der Waals surface area contributed by atoms with E-state index in [9.17, 15) is 9.18 Å². The molecule has 2 aromatic rings. The SMILES string of the molecule is CCN(Cc1ccccc1)C(=O)c1cc(F)cnc1NC. The van der Waals surface area contributed by atoms with Gasteiger partial charge in [0, 0.05) is 20.1 Å². The first-order valence-corrected chi connectivity index (χ1v) is 6.82. The van der Waals surface area contributed by atoms with Crippen molar-refractivity contribution < 1.29 is 9.18 Å². The molecule has 110 valence electrons. The molecule has 4 nitrogen and oxygen atoms in total. The molecular formula is C16H18FN3O. The van der Waals surface area contributed by atoms with Gasteiger partial charge in [-0.3, -0.25) is 4.79 Å². The summed E-state index contributed by atoms with van der Waals surface area (Å²) in [7, 11) is 1.66. The predicted molar refractivity (Wildman–Crippen MR) is 80.6 cm³/mol. The normalized spacial score (nSPS) is 10.2. The molecule has 5 heteroatoms. The fourth-order valence-electron chi connectivity index (χ4n) is 2.10. The fourth-order valence-corrected chi connectivity index (χ4v) is 2.10. The van der Waals surface area contributed by atoms with Crippen molar-refractivity contribution in [3.8, 4) is 0 Å². The standard InChI is InChI=1S/C16H18FN3O/c1-3-20(11-12-7-5-4-6-8-12)16(21)14-9-13(17)10-19-15(14)18-2/h4-10H,3,11H2,1-2H3,(H,18,19). The van der Waals surface area contributed by atoms with Crippen molar-refractivity contribution in [1.82, 2.24) is 9.88 Å². The highest BCUT2D eigenvalue weighted by Gasteiger charge is 2.19. The van der Waals surface area contributed by atoms with Gasteiger partial charge in [-0.2, -0.15) is 0 Å². The zero-order chi connectivity index (χ0) is 15.2. The van der Waals surface area contributed by atoms with E-state index in [4.69, 9.17) is 0 Å². The highest BCUT2D eigenvalue weighted by atomic mass is 19.1. The van der Waals surface area contributed by atoms with Gasteiger partial charge in [0.05, 0.1) is 11.8 Å². The number of nitrogens with zero attached hydrogens (tertiary/aromatic N) is 2. The van der Waals surface area contributed by atoms with Crippen LogP contribution in [0.1, 0.15) is 22.8 Å². The van der Waals surface area contributed by atoms with Crippen LogP contribution in [0.25, 0.3) is 0 Å². The van der Waals surface area contributed by atoms with Gasteiger partial charge in [0.15, 0.2) is 0 Å². The van der Waals surface area contributed by atoms with Gasteiger partial charge in [0.2, 0.25) is 0 Å². The van der Waals surface area contributed by atoms with E-state index in [2.05, 4.69) is 10.3 Å². The average molecular weight is 287 g/mol. The molecule has 1 heterocycles. The molecule has 0 aliphatic rings. The van der Waals surface area contributed by atoms with Gasteiger partial charge in [-0.1, -0.05) is 30.3 Å². The molecule has 1 aromatic carbocycles. The molecule has 0 saturated heterocycles. The van der Waals surface area contributed by atoms with Crippen molar-refractivity contribution in [2.24, 2.45) is 0 Å². The summed E-state index contributed by atoms with van der Waals surface area (Å²) in [4.78, 5) is 18.2. The number of rotatable bonds is 5. The number of hydrogen-bond donors (Lipinski definition) is 1. The lowest BCUT2D eigenvalue weighted by Gasteiger charge is -2.22. The van der Waals surface area contributed by atoms with Crippen molar-refractivity contribution >= 4 is 11.7 Å². The quantitative estimate of drug-likeness (QED) is 0.919. The third kappa shape index (κ3) is 3.56. The summed E-state index contributed by atoms with van der Waals surface area (Å²) in [6.07, 6.45) is 1.09. The van der Waals surface area contributed by atoms with Crippen LogP contribution in [0, 0.1) is 5.82 Å². The smallest absolute Gasteiger partial charge is 0.258 e. The van der Waals surface area contributed by atoms with Crippen molar-refractivity contribution in [3.63, 3.8) is 0 Å². The van der Waals surface area contributed by atoms with Gasteiger partial charge in [-0.15, -0.1) is 0 Å². The van der Waals surface area contributed by atoms with Gasteiger partial charge >= 0.3 is 0 Å². The third-order valence-electron chi connectivity index (χ3n) is 3.21. The number of carbonyl (C=O) groups is 1. The number of amides is 1. The van der Waals surface area contributed by atoms with E-state index >= 15 is 0 Å². The summed E-state index contributed by atoms with van der Waals surface area (Å²) < 4.78 is 13.4. The van der Waals surface area contributed by atoms with E-state index in [1.165, 1.54) is 6.07 Å². The predicted octanol–water partition coefficient (Wildman–Crippen LogP) is 2.92. The second-order valence-electron chi connectivity index (χ2n) is 4.60. The van der Waals surface area contributed by atoms with Gasteiger partial charge in [0.1, 0.15) is 11.6 Å². The lowest BCUT2D eigenvalue weighted by atomic mass is 10.1. The number of nitrogens with one attached hydrogen (secondary N) is 1. The van der Waals surface area contributed by atoms with E-state index in [0.29, 0.717) is 18.9 Å². The second kappa shape index (κ2) is 6.83. The van der Waals surface area contributed by atoms with Crippen LogP contribution in [0.5, 0.6) is 0 Å². The molecule has 0 unspecified atom stereocenters. The lowest BCUT2D eigenvalue weighted by Crippen LogP contribution is -2.31. The molecule has 1 amide bonds. The van der Waals surface area contributed by atoms with E-state index in [1.807, 2.05) is 37.3 Å². The number of benzene rings is 1. The lowest BCUT2D eigenvalue weighted by molar-refractivity contribution is 0.0752. The summed E-state index contributed by atoms with van der Waals surface area (Å²) in [6.45, 7) is 2.91. The first kappa shape index (κ1) is 15.0. The molecule has 0 radical (unpaired) electrons. The van der Waals surface area contributed by atoms with E-state index in [1.54, 1.807) is 11.9 Å². The average Bonchev–Trinajstić information content (AvgIpc) is 2.53. The minimum atomic E-state index is -0.520. The Morgan fingerprint density at radius 3 is 2.67 bits per heavy atom. The van der Waals surface area contributed by atoms with Crippen LogP contribution in [0.4, 0.5) is 10.2 Å². The van der Waals surface area contributed by atoms with Crippen LogP contribution >= 0.6 is 0 Å². The topological polar surface area (TPSA) is 45.2 Å². The summed E-state index contributed by atoms with van der Waals surface area (Å²) in [5.41, 5.74) is 1.28. The highest BCUT2D eigenvalue weighted by Crippen LogP contribution is 2.17. The van der Waals surface area contributed by atoms with Gasteiger partial charge in [-0.05, 0) is 18.6 Å².